The molecule has 0 aromatic heterocycles. The average Bonchev–Trinajstić information content (AvgIpc) is 2.97. The Bertz CT molecular complexity index is 484. The molecule has 0 spiro atoms. The fraction of sp³-hybridized carbons (Fsp3) is 0.500. The molecular weight excluding hydrogens is 303 g/mol. The molecule has 0 saturated carbocycles. The second-order valence-electron chi connectivity index (χ2n) is 4.79. The number of anilines is 1. The van der Waals surface area contributed by atoms with Crippen LogP contribution in [-0.2, 0) is 9.47 Å². The highest BCUT2D eigenvalue weighted by atomic mass is 19.4. The highest BCUT2D eigenvalue weighted by molar-refractivity contribution is 5.84. The zero-order valence-corrected chi connectivity index (χ0v) is 11.7. The summed E-state index contributed by atoms with van der Waals surface area (Å²) < 4.78 is 50.6. The Morgan fingerprint density at radius 2 is 2.05 bits per heavy atom. The molecule has 1 atom stereocenters. The molecule has 1 aromatic carbocycles. The van der Waals surface area contributed by atoms with Gasteiger partial charge in [0, 0.05) is 12.3 Å². The van der Waals surface area contributed by atoms with Gasteiger partial charge in [0.2, 0.25) is 0 Å². The van der Waals surface area contributed by atoms with Gasteiger partial charge in [-0.05, 0) is 37.1 Å². The van der Waals surface area contributed by atoms with E-state index in [9.17, 15) is 18.0 Å². The molecule has 0 radical (unpaired) electrons. The van der Waals surface area contributed by atoms with Crippen LogP contribution < -0.4 is 10.1 Å². The Kier molecular flexibility index (Phi) is 5.48. The first-order valence-electron chi connectivity index (χ1n) is 6.77. The first kappa shape index (κ1) is 16.4. The topological polar surface area (TPSA) is 56.8 Å². The van der Waals surface area contributed by atoms with Gasteiger partial charge in [0.05, 0.1) is 6.10 Å². The summed E-state index contributed by atoms with van der Waals surface area (Å²) in [5, 5.41) is 2.20. The van der Waals surface area contributed by atoms with Gasteiger partial charge >= 0.3 is 12.3 Å². The Hall–Kier alpha value is -1.96. The lowest BCUT2D eigenvalue weighted by Gasteiger charge is -2.12. The molecule has 1 N–H and O–H groups in total. The predicted molar refractivity (Wildman–Crippen MR) is 71.9 cm³/mol. The molecule has 122 valence electrons. The van der Waals surface area contributed by atoms with Gasteiger partial charge in [0.15, 0.2) is 6.61 Å². The molecule has 8 heteroatoms. The number of carbonyl (C=O) groups is 1. The van der Waals surface area contributed by atoms with Crippen LogP contribution in [0.4, 0.5) is 23.7 Å². The summed E-state index contributed by atoms with van der Waals surface area (Å²) in [6, 6.07) is 6.24. The summed E-state index contributed by atoms with van der Waals surface area (Å²) in [5.41, 5.74) is 0.316. The molecule has 1 aliphatic rings. The lowest BCUT2D eigenvalue weighted by atomic mass is 10.2. The fourth-order valence-corrected chi connectivity index (χ4v) is 1.90. The maximum Gasteiger partial charge on any atom is 0.422 e. The number of hydrogen-bond donors (Lipinski definition) is 1. The zero-order chi connectivity index (χ0) is 16.0. The monoisotopic (exact) mass is 319 g/mol. The van der Waals surface area contributed by atoms with E-state index in [1.807, 2.05) is 0 Å². The van der Waals surface area contributed by atoms with Crippen molar-refractivity contribution in [2.75, 3.05) is 25.1 Å². The Morgan fingerprint density at radius 3 is 2.64 bits per heavy atom. The van der Waals surface area contributed by atoms with Crippen molar-refractivity contribution in [3.8, 4) is 5.75 Å². The van der Waals surface area contributed by atoms with Crippen LogP contribution in [0.15, 0.2) is 24.3 Å². The Morgan fingerprint density at radius 1 is 1.32 bits per heavy atom. The van der Waals surface area contributed by atoms with Gasteiger partial charge in [0.25, 0.3) is 0 Å². The van der Waals surface area contributed by atoms with E-state index in [1.54, 1.807) is 12.1 Å². The van der Waals surface area contributed by atoms with Crippen LogP contribution in [-0.4, -0.2) is 38.2 Å². The van der Waals surface area contributed by atoms with E-state index in [0.717, 1.165) is 19.4 Å². The van der Waals surface area contributed by atoms with Crippen molar-refractivity contribution < 1.29 is 32.2 Å². The lowest BCUT2D eigenvalue weighted by Crippen LogP contribution is -2.23. The van der Waals surface area contributed by atoms with Gasteiger partial charge < -0.3 is 14.2 Å². The van der Waals surface area contributed by atoms with Gasteiger partial charge in [-0.3, -0.25) is 5.32 Å². The van der Waals surface area contributed by atoms with Gasteiger partial charge in [-0.1, -0.05) is 0 Å². The van der Waals surface area contributed by atoms with Crippen molar-refractivity contribution in [2.45, 2.75) is 25.1 Å². The molecule has 1 fully saturated rings. The summed E-state index contributed by atoms with van der Waals surface area (Å²) in [7, 11) is 0. The number of carbonyl (C=O) groups excluding carboxylic acids is 1. The van der Waals surface area contributed by atoms with Crippen molar-refractivity contribution in [2.24, 2.45) is 0 Å². The molecule has 22 heavy (non-hydrogen) atoms. The summed E-state index contributed by atoms with van der Waals surface area (Å²) in [6.45, 7) is -0.432. The average molecular weight is 319 g/mol. The first-order valence-corrected chi connectivity index (χ1v) is 6.77. The quantitative estimate of drug-likeness (QED) is 0.904. The molecule has 1 saturated heterocycles. The number of amides is 1. The van der Waals surface area contributed by atoms with E-state index >= 15 is 0 Å². The number of benzene rings is 1. The first-order chi connectivity index (χ1) is 10.4. The number of nitrogens with one attached hydrogen (secondary N) is 1. The maximum atomic E-state index is 11.9. The SMILES string of the molecule is O=C(Nc1ccc(OC[C@@H]2CCCO2)cc1)OCC(F)(F)F. The molecule has 5 nitrogen and oxygen atoms in total. The van der Waals surface area contributed by atoms with Gasteiger partial charge in [0.1, 0.15) is 12.4 Å². The van der Waals surface area contributed by atoms with Crippen LogP contribution in [0.25, 0.3) is 0 Å². The largest absolute Gasteiger partial charge is 0.491 e. The minimum Gasteiger partial charge on any atom is -0.491 e. The fourth-order valence-electron chi connectivity index (χ4n) is 1.90. The van der Waals surface area contributed by atoms with E-state index in [2.05, 4.69) is 10.1 Å². The van der Waals surface area contributed by atoms with Crippen molar-refractivity contribution in [1.29, 1.82) is 0 Å². The maximum absolute atomic E-state index is 11.9. The second kappa shape index (κ2) is 7.35. The molecule has 1 heterocycles. The van der Waals surface area contributed by atoms with Crippen molar-refractivity contribution in [3.05, 3.63) is 24.3 Å². The molecule has 1 aliphatic heterocycles. The molecule has 2 rings (SSSR count). The summed E-state index contributed by atoms with van der Waals surface area (Å²) >= 11 is 0. The van der Waals surface area contributed by atoms with Crippen LogP contribution in [0.3, 0.4) is 0 Å². The molecule has 1 aromatic rings. The standard InChI is InChI=1S/C14H16F3NO4/c15-14(16,17)9-22-13(19)18-10-3-5-11(6-4-10)21-8-12-2-1-7-20-12/h3-6,12H,1-2,7-9H2,(H,18,19)/t12-/m0/s1. The normalized spacial score (nSPS) is 18.0. The van der Waals surface area contributed by atoms with Crippen LogP contribution >= 0.6 is 0 Å². The van der Waals surface area contributed by atoms with E-state index in [0.29, 0.717) is 18.0 Å². The Labute approximate surface area is 125 Å². The van der Waals surface area contributed by atoms with E-state index in [1.165, 1.54) is 12.1 Å². The number of alkyl halides is 3. The van der Waals surface area contributed by atoms with Crippen LogP contribution in [0.1, 0.15) is 12.8 Å². The lowest BCUT2D eigenvalue weighted by molar-refractivity contribution is -0.159. The summed E-state index contributed by atoms with van der Waals surface area (Å²) in [5.74, 6) is 0.588. The zero-order valence-electron chi connectivity index (χ0n) is 11.7. The van der Waals surface area contributed by atoms with E-state index < -0.39 is 18.9 Å². The van der Waals surface area contributed by atoms with Crippen molar-refractivity contribution in [1.82, 2.24) is 0 Å². The third-order valence-electron chi connectivity index (χ3n) is 2.93. The third kappa shape index (κ3) is 5.80. The smallest absolute Gasteiger partial charge is 0.422 e. The number of hydrogen-bond acceptors (Lipinski definition) is 4. The third-order valence-corrected chi connectivity index (χ3v) is 2.93. The molecule has 0 bridgehead atoms. The minimum absolute atomic E-state index is 0.0927. The number of ether oxygens (including phenoxy) is 3. The predicted octanol–water partition coefficient (Wildman–Crippen LogP) is 3.36. The second-order valence-corrected chi connectivity index (χ2v) is 4.79. The molecule has 1 amide bonds. The van der Waals surface area contributed by atoms with E-state index in [4.69, 9.17) is 9.47 Å². The highest BCUT2D eigenvalue weighted by Crippen LogP contribution is 2.19. The molecule has 0 unspecified atom stereocenters. The summed E-state index contributed by atoms with van der Waals surface area (Å²) in [4.78, 5) is 11.2. The van der Waals surface area contributed by atoms with Crippen molar-refractivity contribution in [3.63, 3.8) is 0 Å². The number of halogens is 3. The van der Waals surface area contributed by atoms with Crippen LogP contribution in [0.2, 0.25) is 0 Å². The number of rotatable bonds is 5. The molecule has 0 aliphatic carbocycles. The van der Waals surface area contributed by atoms with Crippen LogP contribution in [0, 0.1) is 0 Å². The highest BCUT2D eigenvalue weighted by Gasteiger charge is 2.29. The van der Waals surface area contributed by atoms with Gasteiger partial charge in [-0.2, -0.15) is 13.2 Å². The van der Waals surface area contributed by atoms with E-state index in [-0.39, 0.29) is 6.10 Å². The minimum atomic E-state index is -4.54. The van der Waals surface area contributed by atoms with Crippen molar-refractivity contribution >= 4 is 11.8 Å². The van der Waals surface area contributed by atoms with Crippen LogP contribution in [0.5, 0.6) is 5.75 Å². The summed E-state index contributed by atoms with van der Waals surface area (Å²) in [6.07, 6.45) is -3.63. The van der Waals surface area contributed by atoms with Gasteiger partial charge in [-0.15, -0.1) is 0 Å². The van der Waals surface area contributed by atoms with Gasteiger partial charge in [-0.25, -0.2) is 4.79 Å². The Balaban J connectivity index is 1.74. The molecular formula is C14H16F3NO4.